The SMILES string of the molecule is Cc1cn2c(/C=C/C(=O)c3cccc(C#N)c3)c(C)nc2s1. The van der Waals surface area contributed by atoms with Crippen LogP contribution in [0.1, 0.15) is 32.2 Å². The number of allylic oxidation sites excluding steroid dienone is 1. The molecule has 1 aromatic carbocycles. The molecule has 4 nitrogen and oxygen atoms in total. The molecule has 0 N–H and O–H groups in total. The van der Waals surface area contributed by atoms with E-state index in [1.54, 1.807) is 41.7 Å². The third-order valence-electron chi connectivity index (χ3n) is 3.33. The topological polar surface area (TPSA) is 58.2 Å². The summed E-state index contributed by atoms with van der Waals surface area (Å²) in [6.07, 6.45) is 5.32. The largest absolute Gasteiger partial charge is 0.290 e. The molecule has 0 aliphatic carbocycles. The third kappa shape index (κ3) is 2.57. The summed E-state index contributed by atoms with van der Waals surface area (Å²) in [5, 5.41) is 8.89. The molecule has 0 spiro atoms. The van der Waals surface area contributed by atoms with Gasteiger partial charge in [0.1, 0.15) is 0 Å². The van der Waals surface area contributed by atoms with Gasteiger partial charge in [-0.3, -0.25) is 9.20 Å². The molecule has 0 saturated carbocycles. The fraction of sp³-hybridized carbons (Fsp3) is 0.118. The Kier molecular flexibility index (Phi) is 3.61. The maximum Gasteiger partial charge on any atom is 0.194 e. The van der Waals surface area contributed by atoms with Gasteiger partial charge in [0, 0.05) is 16.6 Å². The molecular weight excluding hydrogens is 294 g/mol. The molecule has 0 aliphatic heterocycles. The van der Waals surface area contributed by atoms with Crippen molar-refractivity contribution in [1.29, 1.82) is 5.26 Å². The fourth-order valence-electron chi connectivity index (χ4n) is 2.27. The molecule has 0 bridgehead atoms. The number of aromatic nitrogens is 2. The molecule has 0 saturated heterocycles. The van der Waals surface area contributed by atoms with E-state index in [1.807, 2.05) is 30.5 Å². The second kappa shape index (κ2) is 5.58. The van der Waals surface area contributed by atoms with E-state index in [9.17, 15) is 4.79 Å². The second-order valence-corrected chi connectivity index (χ2v) is 6.18. The van der Waals surface area contributed by atoms with Gasteiger partial charge in [-0.15, -0.1) is 11.3 Å². The summed E-state index contributed by atoms with van der Waals surface area (Å²) in [5.41, 5.74) is 2.79. The maximum atomic E-state index is 12.2. The Labute approximate surface area is 132 Å². The number of carbonyl (C=O) groups excluding carboxylic acids is 1. The smallest absolute Gasteiger partial charge is 0.194 e. The lowest BCUT2D eigenvalue weighted by atomic mass is 10.1. The Balaban J connectivity index is 1.93. The summed E-state index contributed by atoms with van der Waals surface area (Å²) in [5.74, 6) is -0.126. The van der Waals surface area contributed by atoms with Crippen LogP contribution in [-0.4, -0.2) is 15.2 Å². The Bertz CT molecular complexity index is 941. The molecule has 0 atom stereocenters. The molecule has 5 heteroatoms. The number of ketones is 1. The van der Waals surface area contributed by atoms with Gasteiger partial charge in [-0.05, 0) is 38.1 Å². The van der Waals surface area contributed by atoms with Crippen molar-refractivity contribution in [3.8, 4) is 6.07 Å². The summed E-state index contributed by atoms with van der Waals surface area (Å²) >= 11 is 1.62. The minimum atomic E-state index is -0.126. The molecule has 0 aliphatic rings. The monoisotopic (exact) mass is 307 g/mol. The van der Waals surface area contributed by atoms with Crippen LogP contribution in [0, 0.1) is 25.2 Å². The average molecular weight is 307 g/mol. The van der Waals surface area contributed by atoms with Crippen LogP contribution in [0.3, 0.4) is 0 Å². The average Bonchev–Trinajstić information content (AvgIpc) is 3.00. The highest BCUT2D eigenvalue weighted by atomic mass is 32.1. The molecule has 108 valence electrons. The number of rotatable bonds is 3. The Hall–Kier alpha value is -2.71. The summed E-state index contributed by atoms with van der Waals surface area (Å²) in [6.45, 7) is 3.95. The number of carbonyl (C=O) groups is 1. The van der Waals surface area contributed by atoms with Gasteiger partial charge in [0.25, 0.3) is 0 Å². The van der Waals surface area contributed by atoms with Crippen molar-refractivity contribution < 1.29 is 4.79 Å². The number of aryl methyl sites for hydroxylation is 2. The lowest BCUT2D eigenvalue weighted by molar-refractivity contribution is 0.104. The first kappa shape index (κ1) is 14.2. The van der Waals surface area contributed by atoms with Gasteiger partial charge in [-0.2, -0.15) is 5.26 Å². The van der Waals surface area contributed by atoms with Crippen LogP contribution >= 0.6 is 11.3 Å². The zero-order chi connectivity index (χ0) is 15.7. The first-order valence-electron chi connectivity index (χ1n) is 6.76. The van der Waals surface area contributed by atoms with Gasteiger partial charge in [-0.25, -0.2) is 4.98 Å². The van der Waals surface area contributed by atoms with Gasteiger partial charge in [0.2, 0.25) is 0 Å². The number of imidazole rings is 1. The summed E-state index contributed by atoms with van der Waals surface area (Å²) in [4.78, 5) is 18.8. The van der Waals surface area contributed by atoms with Gasteiger partial charge in [-0.1, -0.05) is 12.1 Å². The van der Waals surface area contributed by atoms with Crippen LogP contribution in [0.5, 0.6) is 0 Å². The van der Waals surface area contributed by atoms with Crippen LogP contribution in [0.2, 0.25) is 0 Å². The van der Waals surface area contributed by atoms with E-state index in [-0.39, 0.29) is 5.78 Å². The van der Waals surface area contributed by atoms with Gasteiger partial charge in [0.15, 0.2) is 10.7 Å². The summed E-state index contributed by atoms with van der Waals surface area (Å²) in [6, 6.07) is 8.74. The summed E-state index contributed by atoms with van der Waals surface area (Å²) in [7, 11) is 0. The predicted octanol–water partition coefficient (Wildman–Crippen LogP) is 3.78. The van der Waals surface area contributed by atoms with E-state index in [1.165, 1.54) is 11.0 Å². The lowest BCUT2D eigenvalue weighted by Gasteiger charge is -1.97. The first-order chi connectivity index (χ1) is 10.6. The third-order valence-corrected chi connectivity index (χ3v) is 4.23. The molecule has 3 rings (SSSR count). The fourth-order valence-corrected chi connectivity index (χ4v) is 3.15. The van der Waals surface area contributed by atoms with Gasteiger partial charge < -0.3 is 0 Å². The molecule has 3 aromatic rings. The van der Waals surface area contributed by atoms with Crippen molar-refractivity contribution in [3.05, 3.63) is 63.9 Å². The van der Waals surface area contributed by atoms with Gasteiger partial charge >= 0.3 is 0 Å². The van der Waals surface area contributed by atoms with Crippen molar-refractivity contribution in [2.24, 2.45) is 0 Å². The zero-order valence-electron chi connectivity index (χ0n) is 12.2. The van der Waals surface area contributed by atoms with Crippen molar-refractivity contribution in [2.45, 2.75) is 13.8 Å². The van der Waals surface area contributed by atoms with Crippen molar-refractivity contribution in [1.82, 2.24) is 9.38 Å². The first-order valence-corrected chi connectivity index (χ1v) is 7.58. The molecule has 0 fully saturated rings. The standard InChI is InChI=1S/C17H13N3OS/c1-11-10-20-15(12(2)19-17(20)22-11)6-7-16(21)14-5-3-4-13(8-14)9-18/h3-8,10H,1-2H3/b7-6+. The predicted molar refractivity (Wildman–Crippen MR) is 87.1 cm³/mol. The number of nitrogens with zero attached hydrogens (tertiary/aromatic N) is 3. The number of nitriles is 1. The second-order valence-electron chi connectivity index (χ2n) is 4.97. The van der Waals surface area contributed by atoms with E-state index in [0.29, 0.717) is 11.1 Å². The van der Waals surface area contributed by atoms with Crippen LogP contribution < -0.4 is 0 Å². The molecule has 0 amide bonds. The molecule has 2 heterocycles. The van der Waals surface area contributed by atoms with Crippen molar-refractivity contribution in [2.75, 3.05) is 0 Å². The highest BCUT2D eigenvalue weighted by Gasteiger charge is 2.09. The van der Waals surface area contributed by atoms with Gasteiger partial charge in [0.05, 0.1) is 23.0 Å². The van der Waals surface area contributed by atoms with Crippen molar-refractivity contribution in [3.63, 3.8) is 0 Å². The number of fused-ring (bicyclic) bond motifs is 1. The van der Waals surface area contributed by atoms with E-state index in [0.717, 1.165) is 16.3 Å². The van der Waals surface area contributed by atoms with E-state index >= 15 is 0 Å². The highest BCUT2D eigenvalue weighted by Crippen LogP contribution is 2.21. The van der Waals surface area contributed by atoms with Crippen LogP contribution in [0.4, 0.5) is 0 Å². The molecular formula is C17H13N3OS. The van der Waals surface area contributed by atoms with E-state index < -0.39 is 0 Å². The molecule has 2 aromatic heterocycles. The normalized spacial score (nSPS) is 11.1. The van der Waals surface area contributed by atoms with Crippen molar-refractivity contribution >= 4 is 28.2 Å². The van der Waals surface area contributed by atoms with E-state index in [2.05, 4.69) is 4.98 Å². The number of thiazole rings is 1. The van der Waals surface area contributed by atoms with E-state index in [4.69, 9.17) is 5.26 Å². The minimum absolute atomic E-state index is 0.126. The quantitative estimate of drug-likeness (QED) is 0.546. The minimum Gasteiger partial charge on any atom is -0.290 e. The number of hydrogen-bond acceptors (Lipinski definition) is 4. The van der Waals surface area contributed by atoms with Crippen LogP contribution in [0.15, 0.2) is 36.5 Å². The van der Waals surface area contributed by atoms with Crippen LogP contribution in [0.25, 0.3) is 11.0 Å². The Morgan fingerprint density at radius 2 is 2.23 bits per heavy atom. The Morgan fingerprint density at radius 1 is 1.41 bits per heavy atom. The molecule has 22 heavy (non-hydrogen) atoms. The molecule has 0 unspecified atom stereocenters. The highest BCUT2D eigenvalue weighted by molar-refractivity contribution is 7.17. The maximum absolute atomic E-state index is 12.2. The summed E-state index contributed by atoms with van der Waals surface area (Å²) < 4.78 is 1.99. The molecule has 0 radical (unpaired) electrons. The Morgan fingerprint density at radius 3 is 3.00 bits per heavy atom. The van der Waals surface area contributed by atoms with Crippen LogP contribution in [-0.2, 0) is 0 Å². The number of hydrogen-bond donors (Lipinski definition) is 0. The lowest BCUT2D eigenvalue weighted by Crippen LogP contribution is -1.95. The zero-order valence-corrected chi connectivity index (χ0v) is 13.0. The number of benzene rings is 1.